The van der Waals surface area contributed by atoms with Crippen molar-refractivity contribution in [1.29, 1.82) is 0 Å². The maximum atomic E-state index is 11.1. The predicted molar refractivity (Wildman–Crippen MR) is 85.0 cm³/mol. The molecule has 2 rings (SSSR count). The molecular formula is C13H16N3O5P. The van der Waals surface area contributed by atoms with Gasteiger partial charge >= 0.3 is 7.60 Å². The lowest BCUT2D eigenvalue weighted by molar-refractivity contribution is -0.383. The number of nitro benzene ring substituents is 1. The highest BCUT2D eigenvalue weighted by Crippen LogP contribution is 2.37. The maximum absolute atomic E-state index is 11.1. The van der Waals surface area contributed by atoms with Crippen LogP contribution in [0.25, 0.3) is 10.8 Å². The third-order valence-corrected chi connectivity index (χ3v) is 4.08. The molecule has 0 saturated heterocycles. The summed E-state index contributed by atoms with van der Waals surface area (Å²) in [5.41, 5.74) is 6.56. The van der Waals surface area contributed by atoms with Crippen LogP contribution in [0.15, 0.2) is 30.3 Å². The smallest absolute Gasteiger partial charge is 0.325 e. The highest BCUT2D eigenvalue weighted by molar-refractivity contribution is 7.51. The van der Waals surface area contributed by atoms with E-state index in [2.05, 4.69) is 5.32 Å². The molecule has 0 aliphatic heterocycles. The van der Waals surface area contributed by atoms with Crippen molar-refractivity contribution >= 4 is 35.4 Å². The fourth-order valence-electron chi connectivity index (χ4n) is 2.22. The number of anilines is 2. The van der Waals surface area contributed by atoms with Crippen LogP contribution in [0.2, 0.25) is 0 Å². The lowest BCUT2D eigenvalue weighted by Gasteiger charge is -2.13. The van der Waals surface area contributed by atoms with E-state index in [-0.39, 0.29) is 24.0 Å². The minimum Gasteiger partial charge on any atom is -0.397 e. The zero-order valence-corrected chi connectivity index (χ0v) is 12.5. The van der Waals surface area contributed by atoms with Crippen molar-refractivity contribution in [2.75, 3.05) is 23.8 Å². The van der Waals surface area contributed by atoms with Gasteiger partial charge in [-0.1, -0.05) is 18.2 Å². The molecular weight excluding hydrogens is 309 g/mol. The molecule has 118 valence electrons. The highest BCUT2D eigenvalue weighted by Gasteiger charge is 2.17. The monoisotopic (exact) mass is 325 g/mol. The normalized spacial score (nSPS) is 11.5. The van der Waals surface area contributed by atoms with Crippen molar-refractivity contribution in [3.8, 4) is 0 Å². The number of benzene rings is 2. The lowest BCUT2D eigenvalue weighted by Crippen LogP contribution is -2.07. The number of nitrogens with one attached hydrogen (secondary N) is 1. The van der Waals surface area contributed by atoms with Crippen LogP contribution in [-0.2, 0) is 4.57 Å². The largest absolute Gasteiger partial charge is 0.397 e. The summed E-state index contributed by atoms with van der Waals surface area (Å²) < 4.78 is 10.8. The Labute approximate surface area is 126 Å². The Balaban J connectivity index is 2.30. The number of fused-ring (bicyclic) bond motifs is 1. The van der Waals surface area contributed by atoms with Gasteiger partial charge < -0.3 is 20.8 Å². The molecule has 22 heavy (non-hydrogen) atoms. The molecule has 0 saturated carbocycles. The maximum Gasteiger partial charge on any atom is 0.325 e. The standard InChI is InChI=1S/C13H16N3O5P/c14-11-8-12(16(17)18)9-4-1-2-5-10(9)13(11)15-6-3-7-22(19,20)21/h1-2,4-5,8,15H,3,6-7,14H2,(H2,19,20,21). The summed E-state index contributed by atoms with van der Waals surface area (Å²) in [4.78, 5) is 28.2. The fourth-order valence-corrected chi connectivity index (χ4v) is 2.79. The summed E-state index contributed by atoms with van der Waals surface area (Å²) in [6.07, 6.45) is 0.0276. The molecule has 0 aliphatic rings. The predicted octanol–water partition coefficient (Wildman–Crippen LogP) is 2.31. The summed E-state index contributed by atoms with van der Waals surface area (Å²) in [7, 11) is -4.03. The average molecular weight is 325 g/mol. The topological polar surface area (TPSA) is 139 Å². The Kier molecular flexibility index (Phi) is 4.65. The molecule has 0 bridgehead atoms. The van der Waals surface area contributed by atoms with Crippen molar-refractivity contribution in [3.63, 3.8) is 0 Å². The number of hydrogen-bond acceptors (Lipinski definition) is 5. The molecule has 0 spiro atoms. The Bertz CT molecular complexity index is 759. The van der Waals surface area contributed by atoms with Crippen LogP contribution in [-0.4, -0.2) is 27.4 Å². The molecule has 0 amide bonds. The Morgan fingerprint density at radius 2 is 1.91 bits per heavy atom. The zero-order valence-electron chi connectivity index (χ0n) is 11.6. The van der Waals surface area contributed by atoms with Crippen LogP contribution in [0.5, 0.6) is 0 Å². The van der Waals surface area contributed by atoms with Gasteiger partial charge in [0.2, 0.25) is 0 Å². The lowest BCUT2D eigenvalue weighted by atomic mass is 10.1. The summed E-state index contributed by atoms with van der Waals surface area (Å²) in [6, 6.07) is 8.07. The van der Waals surface area contributed by atoms with Crippen LogP contribution in [0.4, 0.5) is 17.1 Å². The second-order valence-corrected chi connectivity index (χ2v) is 6.61. The number of nitrogens with two attached hydrogens (primary N) is 1. The number of nitrogens with zero attached hydrogens (tertiary/aromatic N) is 1. The van der Waals surface area contributed by atoms with Crippen LogP contribution in [0, 0.1) is 10.1 Å². The minimum atomic E-state index is -4.03. The summed E-state index contributed by atoms with van der Waals surface area (Å²) in [5.74, 6) is 0. The molecule has 0 atom stereocenters. The minimum absolute atomic E-state index is 0.0751. The first-order valence-corrected chi connectivity index (χ1v) is 8.33. The van der Waals surface area contributed by atoms with E-state index in [0.29, 0.717) is 23.0 Å². The number of nitrogen functional groups attached to an aromatic ring is 1. The van der Waals surface area contributed by atoms with Crippen molar-refractivity contribution in [1.82, 2.24) is 0 Å². The van der Waals surface area contributed by atoms with Gasteiger partial charge in [-0.05, 0) is 12.5 Å². The third-order valence-electron chi connectivity index (χ3n) is 3.18. The van der Waals surface area contributed by atoms with Gasteiger partial charge in [0.15, 0.2) is 0 Å². The molecule has 0 heterocycles. The van der Waals surface area contributed by atoms with E-state index in [1.165, 1.54) is 6.07 Å². The molecule has 2 aromatic carbocycles. The van der Waals surface area contributed by atoms with Gasteiger partial charge in [-0.3, -0.25) is 14.7 Å². The number of non-ortho nitro benzene ring substituents is 1. The third kappa shape index (κ3) is 3.73. The van der Waals surface area contributed by atoms with Crippen LogP contribution in [0.1, 0.15) is 6.42 Å². The van der Waals surface area contributed by atoms with Crippen molar-refractivity contribution in [2.24, 2.45) is 0 Å². The fraction of sp³-hybridized carbons (Fsp3) is 0.231. The highest BCUT2D eigenvalue weighted by atomic mass is 31.2. The SMILES string of the molecule is Nc1cc([N+](=O)[O-])c2ccccc2c1NCCCP(=O)(O)O. The number of rotatable bonds is 6. The van der Waals surface area contributed by atoms with E-state index in [0.717, 1.165) is 0 Å². The van der Waals surface area contributed by atoms with Crippen molar-refractivity contribution in [3.05, 3.63) is 40.4 Å². The summed E-state index contributed by atoms with van der Waals surface area (Å²) in [5, 5.41) is 15.2. The van der Waals surface area contributed by atoms with Gasteiger partial charge in [0.25, 0.3) is 5.69 Å². The van der Waals surface area contributed by atoms with E-state index in [1.807, 2.05) is 0 Å². The first-order valence-electron chi connectivity index (χ1n) is 6.53. The van der Waals surface area contributed by atoms with Gasteiger partial charge in [0.05, 0.1) is 27.8 Å². The first-order chi connectivity index (χ1) is 10.3. The molecule has 0 aliphatic carbocycles. The number of hydrogen-bond donors (Lipinski definition) is 4. The van der Waals surface area contributed by atoms with Gasteiger partial charge in [-0.15, -0.1) is 0 Å². The van der Waals surface area contributed by atoms with Crippen LogP contribution < -0.4 is 11.1 Å². The molecule has 9 heteroatoms. The van der Waals surface area contributed by atoms with E-state index in [9.17, 15) is 14.7 Å². The molecule has 0 radical (unpaired) electrons. The van der Waals surface area contributed by atoms with E-state index in [1.54, 1.807) is 24.3 Å². The zero-order chi connectivity index (χ0) is 16.3. The van der Waals surface area contributed by atoms with Gasteiger partial charge in [-0.25, -0.2) is 0 Å². The van der Waals surface area contributed by atoms with Gasteiger partial charge in [0.1, 0.15) is 0 Å². The van der Waals surface area contributed by atoms with E-state index in [4.69, 9.17) is 15.5 Å². The molecule has 8 nitrogen and oxygen atoms in total. The molecule has 0 unspecified atom stereocenters. The van der Waals surface area contributed by atoms with Crippen LogP contribution in [0.3, 0.4) is 0 Å². The van der Waals surface area contributed by atoms with Crippen molar-refractivity contribution in [2.45, 2.75) is 6.42 Å². The Hall–Kier alpha value is -2.15. The molecule has 5 N–H and O–H groups in total. The summed E-state index contributed by atoms with van der Waals surface area (Å²) >= 11 is 0. The first kappa shape index (κ1) is 16.2. The number of nitro groups is 1. The van der Waals surface area contributed by atoms with Gasteiger partial charge in [-0.2, -0.15) is 0 Å². The second-order valence-electron chi connectivity index (χ2n) is 4.83. The van der Waals surface area contributed by atoms with E-state index < -0.39 is 12.5 Å². The quantitative estimate of drug-likeness (QED) is 0.210. The van der Waals surface area contributed by atoms with Crippen molar-refractivity contribution < 1.29 is 19.3 Å². The molecule has 0 fully saturated rings. The average Bonchev–Trinajstić information content (AvgIpc) is 2.43. The van der Waals surface area contributed by atoms with E-state index >= 15 is 0 Å². The second kappa shape index (κ2) is 6.31. The van der Waals surface area contributed by atoms with Gasteiger partial charge in [0, 0.05) is 18.0 Å². The Morgan fingerprint density at radius 1 is 1.27 bits per heavy atom. The summed E-state index contributed by atoms with van der Waals surface area (Å²) in [6.45, 7) is 0.303. The molecule has 2 aromatic rings. The Morgan fingerprint density at radius 3 is 2.50 bits per heavy atom. The van der Waals surface area contributed by atoms with Crippen LogP contribution >= 0.6 is 7.60 Å². The molecule has 0 aromatic heterocycles.